The molecule has 0 unspecified atom stereocenters. The number of thiazole rings is 1. The predicted molar refractivity (Wildman–Crippen MR) is 56.4 cm³/mol. The minimum atomic E-state index is -3.29. The summed E-state index contributed by atoms with van der Waals surface area (Å²) in [5.41, 5.74) is 2.65. The van der Waals surface area contributed by atoms with Gasteiger partial charge in [0.25, 0.3) is 10.2 Å². The summed E-state index contributed by atoms with van der Waals surface area (Å²) in [6.07, 6.45) is 0.622. The number of nitrogens with one attached hydrogen (secondary N) is 1. The lowest BCUT2D eigenvalue weighted by atomic mass is 10.3. The van der Waals surface area contributed by atoms with Crippen molar-refractivity contribution in [1.82, 2.24) is 14.0 Å². The summed E-state index contributed by atoms with van der Waals surface area (Å²) in [7, 11) is -0.310. The summed E-state index contributed by atoms with van der Waals surface area (Å²) in [6, 6.07) is 0. The monoisotopic (exact) mass is 235 g/mol. The molecule has 1 heterocycles. The third kappa shape index (κ3) is 3.33. The summed E-state index contributed by atoms with van der Waals surface area (Å²) in [5.74, 6) is 0. The number of rotatable bonds is 5. The van der Waals surface area contributed by atoms with Gasteiger partial charge in [0.2, 0.25) is 0 Å². The SMILES string of the molecule is CN(C)S(=O)(=O)NCCc1cscn1. The van der Waals surface area contributed by atoms with E-state index >= 15 is 0 Å². The second-order valence-electron chi connectivity index (χ2n) is 2.91. The number of aromatic nitrogens is 1. The topological polar surface area (TPSA) is 62.3 Å². The zero-order chi connectivity index (χ0) is 10.6. The zero-order valence-corrected chi connectivity index (χ0v) is 9.73. The van der Waals surface area contributed by atoms with Crippen LogP contribution in [0.2, 0.25) is 0 Å². The van der Waals surface area contributed by atoms with Crippen molar-refractivity contribution < 1.29 is 8.42 Å². The molecule has 1 aromatic heterocycles. The van der Waals surface area contributed by atoms with E-state index in [0.29, 0.717) is 13.0 Å². The summed E-state index contributed by atoms with van der Waals surface area (Å²) in [5, 5.41) is 1.91. The standard InChI is InChI=1S/C7H13N3O2S2/c1-10(2)14(11,12)9-4-3-7-5-13-6-8-7/h5-6,9H,3-4H2,1-2H3. The molecule has 0 aliphatic carbocycles. The van der Waals surface area contributed by atoms with Crippen LogP contribution in [0.4, 0.5) is 0 Å². The van der Waals surface area contributed by atoms with Crippen molar-refractivity contribution in [2.24, 2.45) is 0 Å². The molecule has 0 saturated carbocycles. The van der Waals surface area contributed by atoms with E-state index in [2.05, 4.69) is 9.71 Å². The van der Waals surface area contributed by atoms with Crippen LogP contribution in [0.3, 0.4) is 0 Å². The van der Waals surface area contributed by atoms with Crippen LogP contribution >= 0.6 is 11.3 Å². The molecule has 7 heteroatoms. The Bertz CT molecular complexity index is 358. The Morgan fingerprint density at radius 1 is 1.57 bits per heavy atom. The number of nitrogens with zero attached hydrogens (tertiary/aromatic N) is 2. The van der Waals surface area contributed by atoms with E-state index in [0.717, 1.165) is 10.00 Å². The van der Waals surface area contributed by atoms with Crippen LogP contribution < -0.4 is 4.72 Å². The molecule has 0 aromatic carbocycles. The minimum Gasteiger partial charge on any atom is -0.250 e. The van der Waals surface area contributed by atoms with Gasteiger partial charge in [-0.15, -0.1) is 11.3 Å². The molecule has 0 amide bonds. The van der Waals surface area contributed by atoms with E-state index in [1.807, 2.05) is 5.38 Å². The Morgan fingerprint density at radius 2 is 2.29 bits per heavy atom. The predicted octanol–water partition coefficient (Wildman–Crippen LogP) is 0.0816. The molecule has 1 rings (SSSR count). The molecule has 0 fully saturated rings. The molecule has 0 spiro atoms. The average molecular weight is 235 g/mol. The molecule has 0 saturated heterocycles. The first kappa shape index (κ1) is 11.6. The fraction of sp³-hybridized carbons (Fsp3) is 0.571. The highest BCUT2D eigenvalue weighted by molar-refractivity contribution is 7.87. The molecule has 0 bridgehead atoms. The molecule has 80 valence electrons. The van der Waals surface area contributed by atoms with Crippen LogP contribution in [0.15, 0.2) is 10.9 Å². The van der Waals surface area contributed by atoms with Gasteiger partial charge >= 0.3 is 0 Å². The Morgan fingerprint density at radius 3 is 2.79 bits per heavy atom. The van der Waals surface area contributed by atoms with Crippen LogP contribution in [0.25, 0.3) is 0 Å². The Labute approximate surface area is 88.0 Å². The summed E-state index contributed by atoms with van der Waals surface area (Å²) >= 11 is 1.51. The average Bonchev–Trinajstić information content (AvgIpc) is 2.56. The van der Waals surface area contributed by atoms with Gasteiger partial charge in [-0.05, 0) is 0 Å². The van der Waals surface area contributed by atoms with Gasteiger partial charge in [0.15, 0.2) is 0 Å². The Balaban J connectivity index is 2.36. The minimum absolute atomic E-state index is 0.379. The van der Waals surface area contributed by atoms with Crippen molar-refractivity contribution in [3.63, 3.8) is 0 Å². The molecule has 0 radical (unpaired) electrons. The first-order valence-electron chi connectivity index (χ1n) is 4.06. The van der Waals surface area contributed by atoms with Crippen molar-refractivity contribution in [2.75, 3.05) is 20.6 Å². The van der Waals surface area contributed by atoms with Gasteiger partial charge in [0.1, 0.15) is 0 Å². The van der Waals surface area contributed by atoms with E-state index in [9.17, 15) is 8.42 Å². The van der Waals surface area contributed by atoms with E-state index in [4.69, 9.17) is 0 Å². The van der Waals surface area contributed by atoms with Gasteiger partial charge < -0.3 is 0 Å². The zero-order valence-electron chi connectivity index (χ0n) is 8.10. The van der Waals surface area contributed by atoms with E-state index in [1.54, 1.807) is 5.51 Å². The fourth-order valence-corrected chi connectivity index (χ4v) is 2.01. The van der Waals surface area contributed by atoms with Crippen LogP contribution in [0.5, 0.6) is 0 Å². The van der Waals surface area contributed by atoms with Gasteiger partial charge in [-0.2, -0.15) is 12.7 Å². The molecular formula is C7H13N3O2S2. The van der Waals surface area contributed by atoms with E-state index < -0.39 is 10.2 Å². The lowest BCUT2D eigenvalue weighted by molar-refractivity contribution is 0.505. The maximum Gasteiger partial charge on any atom is 0.278 e. The summed E-state index contributed by atoms with van der Waals surface area (Å²) in [4.78, 5) is 4.05. The third-order valence-corrected chi connectivity index (χ3v) is 3.80. The van der Waals surface area contributed by atoms with Crippen molar-refractivity contribution in [3.8, 4) is 0 Å². The molecule has 1 aromatic rings. The van der Waals surface area contributed by atoms with Crippen LogP contribution in [0, 0.1) is 0 Å². The van der Waals surface area contributed by atoms with Crippen molar-refractivity contribution in [3.05, 3.63) is 16.6 Å². The first-order valence-corrected chi connectivity index (χ1v) is 6.45. The van der Waals surface area contributed by atoms with Gasteiger partial charge in [0, 0.05) is 32.4 Å². The van der Waals surface area contributed by atoms with Crippen LogP contribution in [-0.2, 0) is 16.6 Å². The molecular weight excluding hydrogens is 222 g/mol. The molecule has 14 heavy (non-hydrogen) atoms. The van der Waals surface area contributed by atoms with Crippen molar-refractivity contribution >= 4 is 21.5 Å². The number of hydrogen-bond donors (Lipinski definition) is 1. The van der Waals surface area contributed by atoms with Gasteiger partial charge in [-0.25, -0.2) is 9.71 Å². The second-order valence-corrected chi connectivity index (χ2v) is 5.60. The van der Waals surface area contributed by atoms with Crippen LogP contribution in [-0.4, -0.2) is 38.3 Å². The van der Waals surface area contributed by atoms with Gasteiger partial charge in [-0.3, -0.25) is 0 Å². The largest absolute Gasteiger partial charge is 0.278 e. The number of hydrogen-bond acceptors (Lipinski definition) is 4. The molecule has 0 atom stereocenters. The maximum atomic E-state index is 11.3. The van der Waals surface area contributed by atoms with Gasteiger partial charge in [-0.1, -0.05) is 0 Å². The normalized spacial score (nSPS) is 12.2. The highest BCUT2D eigenvalue weighted by Gasteiger charge is 2.11. The van der Waals surface area contributed by atoms with E-state index in [-0.39, 0.29) is 0 Å². The molecule has 0 aliphatic heterocycles. The van der Waals surface area contributed by atoms with Crippen LogP contribution in [0.1, 0.15) is 5.69 Å². The lowest BCUT2D eigenvalue weighted by Gasteiger charge is -2.11. The van der Waals surface area contributed by atoms with Crippen molar-refractivity contribution in [1.29, 1.82) is 0 Å². The fourth-order valence-electron chi connectivity index (χ4n) is 0.798. The Kier molecular flexibility index (Phi) is 3.99. The highest BCUT2D eigenvalue weighted by atomic mass is 32.2. The summed E-state index contributed by atoms with van der Waals surface area (Å²) in [6.45, 7) is 0.379. The Hall–Kier alpha value is -0.500. The first-order chi connectivity index (χ1) is 6.52. The maximum absolute atomic E-state index is 11.3. The van der Waals surface area contributed by atoms with Gasteiger partial charge in [0.05, 0.1) is 11.2 Å². The molecule has 5 nitrogen and oxygen atoms in total. The highest BCUT2D eigenvalue weighted by Crippen LogP contribution is 2.01. The molecule has 0 aliphatic rings. The molecule has 1 N–H and O–H groups in total. The summed E-state index contributed by atoms with van der Waals surface area (Å²) < 4.78 is 26.1. The smallest absolute Gasteiger partial charge is 0.250 e. The second kappa shape index (κ2) is 4.83. The van der Waals surface area contributed by atoms with Crippen molar-refractivity contribution in [2.45, 2.75) is 6.42 Å². The van der Waals surface area contributed by atoms with E-state index in [1.165, 1.54) is 25.4 Å². The third-order valence-electron chi connectivity index (χ3n) is 1.63. The quantitative estimate of drug-likeness (QED) is 0.786. The lowest BCUT2D eigenvalue weighted by Crippen LogP contribution is -2.36.